The van der Waals surface area contributed by atoms with E-state index in [1.807, 2.05) is 13.0 Å². The van der Waals surface area contributed by atoms with Gasteiger partial charge in [0.05, 0.1) is 5.69 Å². The maximum absolute atomic E-state index is 12.0. The third-order valence-electron chi connectivity index (χ3n) is 2.55. The van der Waals surface area contributed by atoms with Gasteiger partial charge in [-0.1, -0.05) is 22.0 Å². The highest BCUT2D eigenvalue weighted by Gasteiger charge is 2.18. The summed E-state index contributed by atoms with van der Waals surface area (Å²) in [5.74, 6) is 0. The van der Waals surface area contributed by atoms with Gasteiger partial charge in [-0.2, -0.15) is 12.7 Å². The molecule has 0 atom stereocenters. The van der Waals surface area contributed by atoms with Crippen LogP contribution in [0.25, 0.3) is 0 Å². The molecule has 5 nitrogen and oxygen atoms in total. The number of aliphatic hydroxyl groups is 1. The summed E-state index contributed by atoms with van der Waals surface area (Å²) in [6.07, 6.45) is 0.412. The Bertz CT molecular complexity index is 505. The summed E-state index contributed by atoms with van der Waals surface area (Å²) in [5, 5.41) is 8.70. The molecule has 0 aliphatic carbocycles. The molecule has 0 saturated heterocycles. The van der Waals surface area contributed by atoms with Gasteiger partial charge in [0.15, 0.2) is 0 Å². The topological polar surface area (TPSA) is 69.6 Å². The quantitative estimate of drug-likeness (QED) is 0.831. The Morgan fingerprint density at radius 2 is 2.11 bits per heavy atom. The Labute approximate surface area is 116 Å². The smallest absolute Gasteiger partial charge is 0.301 e. The molecule has 2 N–H and O–H groups in total. The number of aliphatic hydroxyl groups excluding tert-OH is 1. The van der Waals surface area contributed by atoms with Crippen LogP contribution in [0.1, 0.15) is 12.0 Å². The van der Waals surface area contributed by atoms with Crippen LogP contribution in [-0.2, 0) is 10.2 Å². The van der Waals surface area contributed by atoms with Crippen LogP contribution in [0.3, 0.4) is 0 Å². The van der Waals surface area contributed by atoms with Gasteiger partial charge in [0.2, 0.25) is 0 Å². The first-order chi connectivity index (χ1) is 8.38. The number of nitrogens with one attached hydrogen (secondary N) is 1. The van der Waals surface area contributed by atoms with Crippen molar-refractivity contribution in [3.05, 3.63) is 28.2 Å². The summed E-state index contributed by atoms with van der Waals surface area (Å²) in [4.78, 5) is 0. The van der Waals surface area contributed by atoms with Crippen LogP contribution in [0.5, 0.6) is 0 Å². The number of hydrogen-bond acceptors (Lipinski definition) is 3. The number of anilines is 1. The van der Waals surface area contributed by atoms with Crippen molar-refractivity contribution in [1.29, 1.82) is 0 Å². The summed E-state index contributed by atoms with van der Waals surface area (Å²) < 4.78 is 28.5. The van der Waals surface area contributed by atoms with E-state index in [2.05, 4.69) is 20.7 Å². The zero-order valence-electron chi connectivity index (χ0n) is 10.4. The molecule has 1 aromatic rings. The van der Waals surface area contributed by atoms with Gasteiger partial charge in [-0.3, -0.25) is 4.72 Å². The summed E-state index contributed by atoms with van der Waals surface area (Å²) in [5.41, 5.74) is 1.37. The van der Waals surface area contributed by atoms with Gasteiger partial charge in [0.1, 0.15) is 0 Å². The van der Waals surface area contributed by atoms with Crippen molar-refractivity contribution < 1.29 is 13.5 Å². The molecule has 7 heteroatoms. The van der Waals surface area contributed by atoms with E-state index in [-0.39, 0.29) is 13.2 Å². The summed E-state index contributed by atoms with van der Waals surface area (Å²) in [6, 6.07) is 5.32. The van der Waals surface area contributed by atoms with E-state index >= 15 is 0 Å². The molecule has 0 saturated carbocycles. The lowest BCUT2D eigenvalue weighted by Gasteiger charge is -2.19. The molecule has 0 fully saturated rings. The lowest BCUT2D eigenvalue weighted by Crippen LogP contribution is -2.33. The minimum Gasteiger partial charge on any atom is -0.396 e. The molecule has 0 bridgehead atoms. The van der Waals surface area contributed by atoms with E-state index in [1.165, 1.54) is 11.4 Å². The molecule has 0 aromatic heterocycles. The Morgan fingerprint density at radius 3 is 2.72 bits per heavy atom. The second-order valence-corrected chi connectivity index (χ2v) is 6.55. The lowest BCUT2D eigenvalue weighted by molar-refractivity contribution is 0.276. The predicted molar refractivity (Wildman–Crippen MR) is 75.8 cm³/mol. The molecule has 0 radical (unpaired) electrons. The van der Waals surface area contributed by atoms with Gasteiger partial charge in [-0.25, -0.2) is 0 Å². The van der Waals surface area contributed by atoms with E-state index in [9.17, 15) is 8.42 Å². The largest absolute Gasteiger partial charge is 0.396 e. The molecule has 0 aliphatic rings. The molecule has 0 aliphatic heterocycles. The standard InChI is InChI=1S/C11H17BrN2O3S/c1-9-10(12)5-3-6-11(9)13-18(16,17)14(2)7-4-8-15/h3,5-6,13,15H,4,7-8H2,1-2H3. The highest BCUT2D eigenvalue weighted by molar-refractivity contribution is 9.10. The van der Waals surface area contributed by atoms with Crippen LogP contribution in [0.2, 0.25) is 0 Å². The summed E-state index contributed by atoms with van der Waals surface area (Å²) in [7, 11) is -2.10. The molecule has 1 aromatic carbocycles. The molecule has 18 heavy (non-hydrogen) atoms. The second-order valence-electron chi connectivity index (χ2n) is 3.92. The van der Waals surface area contributed by atoms with Crippen LogP contribution in [0.4, 0.5) is 5.69 Å². The highest BCUT2D eigenvalue weighted by atomic mass is 79.9. The lowest BCUT2D eigenvalue weighted by atomic mass is 10.2. The molecule has 1 rings (SSSR count). The fraction of sp³-hybridized carbons (Fsp3) is 0.455. The second kappa shape index (κ2) is 6.51. The first kappa shape index (κ1) is 15.4. The SMILES string of the molecule is Cc1c(Br)cccc1NS(=O)(=O)N(C)CCCO. The Hall–Kier alpha value is -0.630. The van der Waals surface area contributed by atoms with Crippen molar-refractivity contribution in [2.24, 2.45) is 0 Å². The van der Waals surface area contributed by atoms with Crippen molar-refractivity contribution in [2.45, 2.75) is 13.3 Å². The predicted octanol–water partition coefficient (Wildman–Crippen LogP) is 1.73. The third kappa shape index (κ3) is 3.94. The van der Waals surface area contributed by atoms with Gasteiger partial charge in [-0.05, 0) is 31.0 Å². The number of halogens is 1. The summed E-state index contributed by atoms with van der Waals surface area (Å²) in [6.45, 7) is 2.07. The zero-order chi connectivity index (χ0) is 13.8. The van der Waals surface area contributed by atoms with Gasteiger partial charge < -0.3 is 5.11 Å². The molecular formula is C11H17BrN2O3S. The van der Waals surface area contributed by atoms with Crippen LogP contribution >= 0.6 is 15.9 Å². The zero-order valence-corrected chi connectivity index (χ0v) is 12.8. The monoisotopic (exact) mass is 336 g/mol. The molecule has 0 amide bonds. The van der Waals surface area contributed by atoms with E-state index < -0.39 is 10.2 Å². The fourth-order valence-corrected chi connectivity index (χ4v) is 2.74. The van der Waals surface area contributed by atoms with Crippen LogP contribution in [0.15, 0.2) is 22.7 Å². The van der Waals surface area contributed by atoms with Crippen molar-refractivity contribution in [3.63, 3.8) is 0 Å². The average Bonchev–Trinajstić information content (AvgIpc) is 2.31. The van der Waals surface area contributed by atoms with E-state index in [4.69, 9.17) is 5.11 Å². The molecule has 0 unspecified atom stereocenters. The Kier molecular flexibility index (Phi) is 5.58. The van der Waals surface area contributed by atoms with E-state index in [0.29, 0.717) is 12.1 Å². The number of benzene rings is 1. The first-order valence-electron chi connectivity index (χ1n) is 5.48. The molecule has 102 valence electrons. The third-order valence-corrected chi connectivity index (χ3v) is 4.89. The van der Waals surface area contributed by atoms with Gasteiger partial charge >= 0.3 is 10.2 Å². The maximum Gasteiger partial charge on any atom is 0.301 e. The van der Waals surface area contributed by atoms with Crippen molar-refractivity contribution in [1.82, 2.24) is 4.31 Å². The van der Waals surface area contributed by atoms with Crippen molar-refractivity contribution >= 4 is 31.8 Å². The Balaban J connectivity index is 2.85. The normalized spacial score (nSPS) is 11.8. The highest BCUT2D eigenvalue weighted by Crippen LogP contribution is 2.24. The number of rotatable bonds is 6. The molecular weight excluding hydrogens is 320 g/mol. The number of hydrogen-bond donors (Lipinski definition) is 2. The average molecular weight is 337 g/mol. The van der Waals surface area contributed by atoms with E-state index in [0.717, 1.165) is 10.0 Å². The van der Waals surface area contributed by atoms with Crippen LogP contribution in [0, 0.1) is 6.92 Å². The molecule has 0 heterocycles. The summed E-state index contributed by atoms with van der Waals surface area (Å²) >= 11 is 3.35. The minimum atomic E-state index is -3.57. The first-order valence-corrected chi connectivity index (χ1v) is 7.72. The van der Waals surface area contributed by atoms with Crippen LogP contribution < -0.4 is 4.72 Å². The van der Waals surface area contributed by atoms with Crippen LogP contribution in [-0.4, -0.2) is 38.0 Å². The minimum absolute atomic E-state index is 0.0320. The van der Waals surface area contributed by atoms with Gasteiger partial charge in [0, 0.05) is 24.7 Å². The Morgan fingerprint density at radius 1 is 1.44 bits per heavy atom. The van der Waals surface area contributed by atoms with Crippen molar-refractivity contribution in [3.8, 4) is 0 Å². The van der Waals surface area contributed by atoms with Gasteiger partial charge in [0.25, 0.3) is 0 Å². The maximum atomic E-state index is 12.0. The van der Waals surface area contributed by atoms with Gasteiger partial charge in [-0.15, -0.1) is 0 Å². The number of nitrogens with zero attached hydrogens (tertiary/aromatic N) is 1. The molecule has 0 spiro atoms. The fourth-order valence-electron chi connectivity index (χ4n) is 1.35. The van der Waals surface area contributed by atoms with Crippen molar-refractivity contribution in [2.75, 3.05) is 24.9 Å². The van der Waals surface area contributed by atoms with E-state index in [1.54, 1.807) is 12.1 Å².